The fraction of sp³-hybridized carbons (Fsp3) is 0.396. The predicted octanol–water partition coefficient (Wildman–Crippen LogP) is 4.93. The van der Waals surface area contributed by atoms with Crippen LogP contribution < -0.4 is 36.8 Å². The van der Waals surface area contributed by atoms with Crippen LogP contribution in [0.5, 0.6) is 0 Å². The lowest BCUT2D eigenvalue weighted by Crippen LogP contribution is -2.54. The number of para-hydroxylation sites is 1. The van der Waals surface area contributed by atoms with Crippen molar-refractivity contribution in [3.05, 3.63) is 100 Å². The lowest BCUT2D eigenvalue weighted by Gasteiger charge is -2.37. The van der Waals surface area contributed by atoms with E-state index < -0.39 is 11.9 Å². The van der Waals surface area contributed by atoms with Crippen molar-refractivity contribution in [3.63, 3.8) is 0 Å². The van der Waals surface area contributed by atoms with Crippen molar-refractivity contribution in [1.29, 1.82) is 0 Å². The first kappa shape index (κ1) is 45.8. The number of nitrogens with one attached hydrogen (secondary N) is 6. The summed E-state index contributed by atoms with van der Waals surface area (Å²) in [6, 6.07) is 20.5. The van der Waals surface area contributed by atoms with E-state index in [1.807, 2.05) is 41.3 Å². The summed E-state index contributed by atoms with van der Waals surface area (Å²) < 4.78 is 5.75. The number of carbonyl (C=O) groups excluding carboxylic acids is 5. The van der Waals surface area contributed by atoms with Gasteiger partial charge in [0.1, 0.15) is 17.7 Å². The van der Waals surface area contributed by atoms with Crippen LogP contribution in [0.1, 0.15) is 76.8 Å². The molecular formula is C48H54ClN11O6. The Labute approximate surface area is 388 Å². The lowest BCUT2D eigenvalue weighted by atomic mass is 9.91. The molecule has 4 aromatic rings. The maximum atomic E-state index is 13.2. The molecular weight excluding hydrogens is 862 g/mol. The summed E-state index contributed by atoms with van der Waals surface area (Å²) in [5.41, 5.74) is 5.06. The van der Waals surface area contributed by atoms with Gasteiger partial charge >= 0.3 is 6.03 Å². The van der Waals surface area contributed by atoms with Gasteiger partial charge in [-0.3, -0.25) is 24.5 Å². The summed E-state index contributed by atoms with van der Waals surface area (Å²) in [5, 5.41) is 18.6. The maximum Gasteiger partial charge on any atom is 0.317 e. The van der Waals surface area contributed by atoms with Gasteiger partial charge in [0.2, 0.25) is 17.8 Å². The Morgan fingerprint density at radius 1 is 0.924 bits per heavy atom. The third-order valence-corrected chi connectivity index (χ3v) is 12.6. The number of rotatable bonds is 14. The summed E-state index contributed by atoms with van der Waals surface area (Å²) in [6.45, 7) is 4.77. The van der Waals surface area contributed by atoms with E-state index in [1.165, 1.54) is 11.1 Å². The average Bonchev–Trinajstić information content (AvgIpc) is 3.66. The minimum Gasteiger partial charge on any atom is -0.369 e. The summed E-state index contributed by atoms with van der Waals surface area (Å²) in [5.74, 6) is 5.72. The number of carbonyl (C=O) groups is 5. The molecule has 3 aromatic carbocycles. The molecule has 0 spiro atoms. The molecule has 66 heavy (non-hydrogen) atoms. The fourth-order valence-electron chi connectivity index (χ4n) is 8.72. The number of halogens is 1. The van der Waals surface area contributed by atoms with E-state index in [9.17, 15) is 24.0 Å². The van der Waals surface area contributed by atoms with E-state index in [4.69, 9.17) is 16.3 Å². The average molecular weight is 916 g/mol. The van der Waals surface area contributed by atoms with Crippen molar-refractivity contribution in [1.82, 2.24) is 41.0 Å². The van der Waals surface area contributed by atoms with E-state index in [0.717, 1.165) is 74.2 Å². The Balaban J connectivity index is 0.687. The molecule has 344 valence electrons. The highest BCUT2D eigenvalue weighted by Gasteiger charge is 2.39. The molecule has 1 saturated carbocycles. The quantitative estimate of drug-likeness (QED) is 0.0567. The van der Waals surface area contributed by atoms with E-state index in [-0.39, 0.29) is 36.2 Å². The second-order valence-electron chi connectivity index (χ2n) is 16.7. The highest BCUT2D eigenvalue weighted by molar-refractivity contribution is 6.33. The highest BCUT2D eigenvalue weighted by Crippen LogP contribution is 2.30. The Bertz CT molecular complexity index is 2500. The number of fused-ring (bicyclic) bond motifs is 1. The zero-order valence-corrected chi connectivity index (χ0v) is 37.6. The number of benzene rings is 3. The third kappa shape index (κ3) is 11.4. The van der Waals surface area contributed by atoms with Crippen molar-refractivity contribution in [3.8, 4) is 11.8 Å². The van der Waals surface area contributed by atoms with Gasteiger partial charge in [0, 0.05) is 87.4 Å². The Morgan fingerprint density at radius 3 is 2.47 bits per heavy atom. The standard InChI is InChI=1S/C48H54ClN11O6/c1-50-44(62)38-7-2-3-8-40(38)55-43-39(49)29-52-47(57-43)53-34-14-16-36(17-15-34)58-22-24-59(25-23-58)48(65)54-35-12-10-33(11-13-35)51-21-5-27-66-26-4-6-31-9-18-37-32(28-31)30-60(46(37)64)41-19-20-42(61)56-45(41)63/h2-3,7-9,14-18,28-29,33,35,41,51H,5,10-13,19-27,30H2,1H3,(H,50,62)(H,54,65)(H,56,61,63)(H2,52,53,55,57). The monoisotopic (exact) mass is 915 g/mol. The first-order valence-corrected chi connectivity index (χ1v) is 22.9. The van der Waals surface area contributed by atoms with Gasteiger partial charge in [-0.15, -0.1) is 0 Å². The molecule has 3 fully saturated rings. The number of urea groups is 1. The molecule has 8 rings (SSSR count). The van der Waals surface area contributed by atoms with Crippen LogP contribution in [0.2, 0.25) is 5.02 Å². The van der Waals surface area contributed by atoms with Gasteiger partial charge in [0.05, 0.1) is 17.4 Å². The number of amides is 6. The summed E-state index contributed by atoms with van der Waals surface area (Å²) in [6.07, 6.45) is 6.80. The van der Waals surface area contributed by atoms with Crippen LogP contribution in [-0.2, 0) is 20.9 Å². The van der Waals surface area contributed by atoms with Crippen LogP contribution in [-0.4, -0.2) is 121 Å². The van der Waals surface area contributed by atoms with Crippen LogP contribution in [0, 0.1) is 11.8 Å². The van der Waals surface area contributed by atoms with Crippen molar-refractivity contribution >= 4 is 70.1 Å². The number of hydrogen-bond acceptors (Lipinski definition) is 12. The Hall–Kier alpha value is -6.74. The number of aromatic nitrogens is 2. The minimum absolute atomic E-state index is 0.00231. The third-order valence-electron chi connectivity index (χ3n) is 12.3. The number of hydrogen-bond donors (Lipinski definition) is 6. The van der Waals surface area contributed by atoms with Crippen molar-refractivity contribution < 1.29 is 28.7 Å². The van der Waals surface area contributed by atoms with Gasteiger partial charge in [-0.05, 0) is 105 Å². The summed E-state index contributed by atoms with van der Waals surface area (Å²) in [4.78, 5) is 76.9. The van der Waals surface area contributed by atoms with E-state index in [2.05, 4.69) is 58.6 Å². The largest absolute Gasteiger partial charge is 0.369 e. The first-order valence-electron chi connectivity index (χ1n) is 22.5. The lowest BCUT2D eigenvalue weighted by molar-refractivity contribution is -0.136. The van der Waals surface area contributed by atoms with E-state index in [0.29, 0.717) is 78.9 Å². The zero-order chi connectivity index (χ0) is 46.0. The van der Waals surface area contributed by atoms with Gasteiger partial charge in [-0.2, -0.15) is 4.98 Å². The molecule has 6 amide bonds. The van der Waals surface area contributed by atoms with Crippen molar-refractivity contribution in [2.75, 3.05) is 68.5 Å². The van der Waals surface area contributed by atoms with Crippen LogP contribution in [0.15, 0.2) is 72.9 Å². The first-order chi connectivity index (χ1) is 32.1. The van der Waals surface area contributed by atoms with Gasteiger partial charge in [-0.1, -0.05) is 35.6 Å². The second-order valence-corrected chi connectivity index (χ2v) is 17.1. The normalized spacial score (nSPS) is 19.3. The summed E-state index contributed by atoms with van der Waals surface area (Å²) in [7, 11) is 1.58. The molecule has 18 heteroatoms. The molecule has 4 aliphatic rings. The fourth-order valence-corrected chi connectivity index (χ4v) is 8.86. The summed E-state index contributed by atoms with van der Waals surface area (Å²) >= 11 is 6.40. The number of ether oxygens (including phenoxy) is 1. The minimum atomic E-state index is -0.638. The smallest absolute Gasteiger partial charge is 0.317 e. The number of piperidine rings is 1. The van der Waals surface area contributed by atoms with Crippen LogP contribution in [0.25, 0.3) is 0 Å². The number of imide groups is 1. The molecule has 4 heterocycles. The van der Waals surface area contributed by atoms with Gasteiger partial charge in [0.15, 0.2) is 5.82 Å². The van der Waals surface area contributed by atoms with E-state index in [1.54, 1.807) is 37.4 Å². The van der Waals surface area contributed by atoms with Crippen molar-refractivity contribution in [2.24, 2.45) is 0 Å². The second kappa shape index (κ2) is 21.5. The van der Waals surface area contributed by atoms with Crippen LogP contribution >= 0.6 is 11.6 Å². The maximum absolute atomic E-state index is 13.2. The zero-order valence-electron chi connectivity index (χ0n) is 36.8. The molecule has 2 saturated heterocycles. The molecule has 0 bridgehead atoms. The molecule has 1 aromatic heterocycles. The predicted molar refractivity (Wildman–Crippen MR) is 251 cm³/mol. The molecule has 6 N–H and O–H groups in total. The Morgan fingerprint density at radius 2 is 1.70 bits per heavy atom. The molecule has 0 radical (unpaired) electrons. The molecule has 1 atom stereocenters. The number of piperazine rings is 1. The van der Waals surface area contributed by atoms with Gasteiger partial charge in [0.25, 0.3) is 11.8 Å². The van der Waals surface area contributed by atoms with Crippen LogP contribution in [0.3, 0.4) is 0 Å². The van der Waals surface area contributed by atoms with Crippen LogP contribution in [0.4, 0.5) is 33.6 Å². The molecule has 1 unspecified atom stereocenters. The topological polar surface area (TPSA) is 202 Å². The molecule has 1 aliphatic carbocycles. The van der Waals surface area contributed by atoms with E-state index >= 15 is 0 Å². The SMILES string of the molecule is CNC(=O)c1ccccc1Nc1nc(Nc2ccc(N3CCN(C(=O)NC4CCC(NCCCOCC#Cc5ccc6c(c5)CN(C5CCC(=O)NC5=O)C6=O)CC4)CC3)cc2)ncc1Cl. The van der Waals surface area contributed by atoms with Gasteiger partial charge < -0.3 is 46.0 Å². The molecule has 3 aliphatic heterocycles. The number of anilines is 5. The molecule has 17 nitrogen and oxygen atoms in total. The highest BCUT2D eigenvalue weighted by atomic mass is 35.5. The number of nitrogens with zero attached hydrogens (tertiary/aromatic N) is 5. The van der Waals surface area contributed by atoms with Gasteiger partial charge in [-0.25, -0.2) is 9.78 Å². The van der Waals surface area contributed by atoms with Crippen molar-refractivity contribution in [2.45, 2.75) is 69.6 Å². The Kier molecular flexibility index (Phi) is 14.9.